The van der Waals surface area contributed by atoms with Crippen LogP contribution in [0.15, 0.2) is 0 Å². The average molecular weight is 300 g/mol. The zero-order valence-electron chi connectivity index (χ0n) is 12.9. The molecule has 1 rings (SSSR count). The topological polar surface area (TPSA) is 87.2 Å². The molecule has 0 spiro atoms. The van der Waals surface area contributed by atoms with E-state index in [9.17, 15) is 14.4 Å². The molecule has 0 aliphatic carbocycles. The van der Waals surface area contributed by atoms with Gasteiger partial charge in [-0.15, -0.1) is 0 Å². The van der Waals surface area contributed by atoms with E-state index in [2.05, 4.69) is 0 Å². The number of carboxylic acid groups (broad SMARTS) is 1. The molecule has 0 saturated carbocycles. The van der Waals surface area contributed by atoms with Gasteiger partial charge in [0, 0.05) is 12.6 Å². The maximum Gasteiger partial charge on any atom is 0.328 e. The lowest BCUT2D eigenvalue weighted by molar-refractivity contribution is -0.147. The van der Waals surface area contributed by atoms with Crippen LogP contribution in [0.2, 0.25) is 0 Å². The summed E-state index contributed by atoms with van der Waals surface area (Å²) in [6.45, 7) is 5.76. The SMILES string of the molecule is CCOC(=O)C1CCCN1C(=O)N(CC(=O)O)C(C)CC. The van der Waals surface area contributed by atoms with Crippen molar-refractivity contribution in [2.45, 2.75) is 52.1 Å². The Morgan fingerprint density at radius 3 is 2.57 bits per heavy atom. The van der Waals surface area contributed by atoms with E-state index in [1.165, 1.54) is 9.80 Å². The van der Waals surface area contributed by atoms with Crippen LogP contribution in [0.5, 0.6) is 0 Å². The normalized spacial score (nSPS) is 19.2. The van der Waals surface area contributed by atoms with E-state index in [1.54, 1.807) is 13.8 Å². The van der Waals surface area contributed by atoms with Crippen LogP contribution >= 0.6 is 0 Å². The van der Waals surface area contributed by atoms with Gasteiger partial charge in [-0.25, -0.2) is 9.59 Å². The van der Waals surface area contributed by atoms with Gasteiger partial charge >= 0.3 is 18.0 Å². The van der Waals surface area contributed by atoms with Crippen molar-refractivity contribution in [3.63, 3.8) is 0 Å². The quantitative estimate of drug-likeness (QED) is 0.747. The molecule has 21 heavy (non-hydrogen) atoms. The van der Waals surface area contributed by atoms with Gasteiger partial charge < -0.3 is 19.6 Å². The van der Waals surface area contributed by atoms with Crippen molar-refractivity contribution in [3.05, 3.63) is 0 Å². The molecule has 2 atom stereocenters. The van der Waals surface area contributed by atoms with Gasteiger partial charge in [0.15, 0.2) is 0 Å². The van der Waals surface area contributed by atoms with Gasteiger partial charge in [0.25, 0.3) is 0 Å². The Morgan fingerprint density at radius 1 is 1.38 bits per heavy atom. The fourth-order valence-electron chi connectivity index (χ4n) is 2.42. The lowest BCUT2D eigenvalue weighted by Crippen LogP contribution is -2.52. The molecule has 0 radical (unpaired) electrons. The van der Waals surface area contributed by atoms with Crippen molar-refractivity contribution in [1.29, 1.82) is 0 Å². The zero-order valence-corrected chi connectivity index (χ0v) is 12.9. The van der Waals surface area contributed by atoms with Crippen molar-refractivity contribution < 1.29 is 24.2 Å². The third-order valence-corrected chi connectivity index (χ3v) is 3.73. The maximum absolute atomic E-state index is 12.6. The second kappa shape index (κ2) is 7.85. The molecule has 1 aliphatic heterocycles. The minimum Gasteiger partial charge on any atom is -0.480 e. The molecule has 1 N–H and O–H groups in total. The van der Waals surface area contributed by atoms with Crippen LogP contribution < -0.4 is 0 Å². The highest BCUT2D eigenvalue weighted by atomic mass is 16.5. The molecule has 120 valence electrons. The van der Waals surface area contributed by atoms with Gasteiger partial charge in [-0.05, 0) is 33.1 Å². The molecule has 7 heteroatoms. The summed E-state index contributed by atoms with van der Waals surface area (Å²) in [6, 6.07) is -1.20. The number of hydrogen-bond donors (Lipinski definition) is 1. The first-order valence-electron chi connectivity index (χ1n) is 7.38. The number of carbonyl (C=O) groups is 3. The van der Waals surface area contributed by atoms with Crippen LogP contribution in [0.1, 0.15) is 40.0 Å². The molecule has 2 unspecified atom stereocenters. The number of esters is 1. The molecule has 0 aromatic carbocycles. The Balaban J connectivity index is 2.86. The van der Waals surface area contributed by atoms with Gasteiger partial charge in [-0.3, -0.25) is 4.79 Å². The summed E-state index contributed by atoms with van der Waals surface area (Å²) in [6.07, 6.45) is 1.93. The molecule has 0 bridgehead atoms. The minimum atomic E-state index is -1.06. The Kier molecular flexibility index (Phi) is 6.45. The first-order valence-corrected chi connectivity index (χ1v) is 7.38. The summed E-state index contributed by atoms with van der Waals surface area (Å²) in [5, 5.41) is 8.98. The number of nitrogens with zero attached hydrogens (tertiary/aromatic N) is 2. The van der Waals surface area contributed by atoms with Gasteiger partial charge in [-0.1, -0.05) is 6.92 Å². The fourth-order valence-corrected chi connectivity index (χ4v) is 2.42. The number of urea groups is 1. The van der Waals surface area contributed by atoms with Crippen molar-refractivity contribution in [2.75, 3.05) is 19.7 Å². The van der Waals surface area contributed by atoms with E-state index < -0.39 is 24.0 Å². The van der Waals surface area contributed by atoms with Crippen molar-refractivity contribution in [2.24, 2.45) is 0 Å². The van der Waals surface area contributed by atoms with Crippen LogP contribution in [0, 0.1) is 0 Å². The van der Waals surface area contributed by atoms with Crippen molar-refractivity contribution >= 4 is 18.0 Å². The smallest absolute Gasteiger partial charge is 0.328 e. The van der Waals surface area contributed by atoms with E-state index in [0.29, 0.717) is 19.4 Å². The lowest BCUT2D eigenvalue weighted by atomic mass is 10.2. The number of ether oxygens (including phenoxy) is 1. The van der Waals surface area contributed by atoms with Crippen molar-refractivity contribution in [3.8, 4) is 0 Å². The molecule has 1 fully saturated rings. The fraction of sp³-hybridized carbons (Fsp3) is 0.786. The van der Waals surface area contributed by atoms with Crippen LogP contribution in [0.3, 0.4) is 0 Å². The van der Waals surface area contributed by atoms with E-state index in [-0.39, 0.29) is 19.2 Å². The van der Waals surface area contributed by atoms with Crippen LogP contribution in [-0.4, -0.2) is 64.7 Å². The summed E-state index contributed by atoms with van der Waals surface area (Å²) in [5.41, 5.74) is 0. The lowest BCUT2D eigenvalue weighted by Gasteiger charge is -2.33. The van der Waals surface area contributed by atoms with Gasteiger partial charge in [0.1, 0.15) is 12.6 Å². The Bertz CT molecular complexity index is 399. The average Bonchev–Trinajstić information content (AvgIpc) is 2.92. The number of amides is 2. The second-order valence-corrected chi connectivity index (χ2v) is 5.16. The monoisotopic (exact) mass is 300 g/mol. The van der Waals surface area contributed by atoms with E-state index in [1.807, 2.05) is 6.92 Å². The number of carbonyl (C=O) groups excluding carboxylic acids is 2. The van der Waals surface area contributed by atoms with Gasteiger partial charge in [-0.2, -0.15) is 0 Å². The highest BCUT2D eigenvalue weighted by Gasteiger charge is 2.38. The molecule has 1 heterocycles. The molecule has 2 amide bonds. The predicted octanol–water partition coefficient (Wildman–Crippen LogP) is 1.32. The Morgan fingerprint density at radius 2 is 2.05 bits per heavy atom. The second-order valence-electron chi connectivity index (χ2n) is 5.16. The third-order valence-electron chi connectivity index (χ3n) is 3.73. The van der Waals surface area contributed by atoms with E-state index in [4.69, 9.17) is 9.84 Å². The number of hydrogen-bond acceptors (Lipinski definition) is 4. The first kappa shape index (κ1) is 17.3. The standard InChI is InChI=1S/C14H24N2O5/c1-4-10(3)16(9-12(17)18)14(20)15-8-6-7-11(15)13(19)21-5-2/h10-11H,4-9H2,1-3H3,(H,17,18). The minimum absolute atomic E-state index is 0.197. The highest BCUT2D eigenvalue weighted by Crippen LogP contribution is 2.21. The third kappa shape index (κ3) is 4.34. The number of aliphatic carboxylic acids is 1. The summed E-state index contributed by atoms with van der Waals surface area (Å²) >= 11 is 0. The summed E-state index contributed by atoms with van der Waals surface area (Å²) in [5.74, 6) is -1.47. The maximum atomic E-state index is 12.6. The van der Waals surface area contributed by atoms with Crippen molar-refractivity contribution in [1.82, 2.24) is 9.80 Å². The molecule has 1 saturated heterocycles. The predicted molar refractivity (Wildman–Crippen MR) is 75.9 cm³/mol. The number of carboxylic acids is 1. The molecule has 7 nitrogen and oxygen atoms in total. The summed E-state index contributed by atoms with van der Waals surface area (Å²) in [4.78, 5) is 38.2. The van der Waals surface area contributed by atoms with Gasteiger partial charge in [0.2, 0.25) is 0 Å². The highest BCUT2D eigenvalue weighted by molar-refractivity contribution is 5.86. The van der Waals surface area contributed by atoms with Crippen LogP contribution in [0.4, 0.5) is 4.79 Å². The summed E-state index contributed by atoms with van der Waals surface area (Å²) in [7, 11) is 0. The van der Waals surface area contributed by atoms with E-state index >= 15 is 0 Å². The first-order chi connectivity index (χ1) is 9.92. The van der Waals surface area contributed by atoms with Gasteiger partial charge in [0.05, 0.1) is 6.61 Å². The largest absolute Gasteiger partial charge is 0.480 e. The zero-order chi connectivity index (χ0) is 16.0. The molecule has 0 aromatic rings. The van der Waals surface area contributed by atoms with Crippen LogP contribution in [0.25, 0.3) is 0 Å². The molecular formula is C14H24N2O5. The Hall–Kier alpha value is -1.79. The van der Waals surface area contributed by atoms with E-state index in [0.717, 1.165) is 6.42 Å². The Labute approximate surface area is 124 Å². The number of likely N-dealkylation sites (tertiary alicyclic amines) is 1. The molecule has 1 aliphatic rings. The summed E-state index contributed by atoms with van der Waals surface area (Å²) < 4.78 is 4.99. The van der Waals surface area contributed by atoms with Crippen LogP contribution in [-0.2, 0) is 14.3 Å². The number of rotatable bonds is 6. The molecular weight excluding hydrogens is 276 g/mol. The molecule has 0 aromatic heterocycles.